The average Bonchev–Trinajstić information content (AvgIpc) is 1.64. The highest BCUT2D eigenvalue weighted by Crippen LogP contribution is 1.88. The van der Waals surface area contributed by atoms with Crippen LogP contribution in [0.5, 0.6) is 0 Å². The number of hydrogen-bond acceptors (Lipinski definition) is 3. The molecular formula is C5H2O3. The van der Waals surface area contributed by atoms with Gasteiger partial charge in [0.05, 0.1) is 12.2 Å². The number of ether oxygens (including phenoxy) is 1. The van der Waals surface area contributed by atoms with Crippen LogP contribution in [-0.2, 0) is 14.3 Å². The molecule has 0 unspecified atom stereocenters. The molecule has 0 spiro atoms. The van der Waals surface area contributed by atoms with Crippen molar-refractivity contribution in [3.8, 4) is 0 Å². The number of esters is 2. The Labute approximate surface area is 45.3 Å². The molecule has 0 fully saturated rings. The SMILES string of the molecule is O=C1C=C=CC(=O)O1. The van der Waals surface area contributed by atoms with E-state index in [4.69, 9.17) is 0 Å². The maximum absolute atomic E-state index is 10.1. The monoisotopic (exact) mass is 110 g/mol. The Balaban J connectivity index is 2.92. The van der Waals surface area contributed by atoms with Crippen molar-refractivity contribution in [1.82, 2.24) is 0 Å². The van der Waals surface area contributed by atoms with Gasteiger partial charge in [-0.3, -0.25) is 0 Å². The molecule has 3 heteroatoms. The lowest BCUT2D eigenvalue weighted by Gasteiger charge is -1.93. The molecule has 0 N–H and O–H groups in total. The molecule has 0 saturated carbocycles. The van der Waals surface area contributed by atoms with Crippen molar-refractivity contribution in [2.75, 3.05) is 0 Å². The minimum absolute atomic E-state index is 0.655. The topological polar surface area (TPSA) is 43.4 Å². The summed E-state index contributed by atoms with van der Waals surface area (Å²) in [7, 11) is 0. The second-order valence-electron chi connectivity index (χ2n) is 1.20. The fourth-order valence-corrected chi connectivity index (χ4v) is 0.336. The summed E-state index contributed by atoms with van der Waals surface area (Å²) in [5.41, 5.74) is 2.31. The van der Waals surface area contributed by atoms with Crippen molar-refractivity contribution in [3.63, 3.8) is 0 Å². The second kappa shape index (κ2) is 1.64. The van der Waals surface area contributed by atoms with Gasteiger partial charge in [0.1, 0.15) is 0 Å². The zero-order chi connectivity index (χ0) is 5.98. The maximum atomic E-state index is 10.1. The molecule has 8 heavy (non-hydrogen) atoms. The average molecular weight is 110 g/mol. The van der Waals surface area contributed by atoms with E-state index in [1.54, 1.807) is 0 Å². The minimum atomic E-state index is -0.655. The van der Waals surface area contributed by atoms with Gasteiger partial charge in [-0.05, 0) is 0 Å². The van der Waals surface area contributed by atoms with Crippen molar-refractivity contribution in [3.05, 3.63) is 17.9 Å². The van der Waals surface area contributed by atoms with E-state index in [1.165, 1.54) is 0 Å². The van der Waals surface area contributed by atoms with Crippen LogP contribution in [0.25, 0.3) is 0 Å². The van der Waals surface area contributed by atoms with E-state index in [2.05, 4.69) is 10.5 Å². The molecule has 0 aliphatic carbocycles. The van der Waals surface area contributed by atoms with Crippen molar-refractivity contribution < 1.29 is 14.3 Å². The molecule has 0 aromatic rings. The lowest BCUT2D eigenvalue weighted by molar-refractivity contribution is -0.152. The van der Waals surface area contributed by atoms with Crippen LogP contribution in [0.15, 0.2) is 17.9 Å². The Hall–Kier alpha value is -1.34. The third kappa shape index (κ3) is 0.832. The molecule has 0 atom stereocenters. The highest BCUT2D eigenvalue weighted by molar-refractivity contribution is 5.99. The van der Waals surface area contributed by atoms with Gasteiger partial charge in [-0.1, -0.05) is 0 Å². The van der Waals surface area contributed by atoms with Gasteiger partial charge in [0.15, 0.2) is 0 Å². The first kappa shape index (κ1) is 4.81. The smallest absolute Gasteiger partial charge is 0.346 e. The van der Waals surface area contributed by atoms with Gasteiger partial charge >= 0.3 is 11.9 Å². The summed E-state index contributed by atoms with van der Waals surface area (Å²) in [5.74, 6) is -1.31. The van der Waals surface area contributed by atoms with Crippen LogP contribution in [0.1, 0.15) is 0 Å². The van der Waals surface area contributed by atoms with E-state index in [1.807, 2.05) is 0 Å². The van der Waals surface area contributed by atoms with Crippen LogP contribution in [0, 0.1) is 0 Å². The molecule has 0 amide bonds. The fraction of sp³-hybridized carbons (Fsp3) is 0. The second-order valence-corrected chi connectivity index (χ2v) is 1.20. The third-order valence-electron chi connectivity index (χ3n) is 0.604. The van der Waals surface area contributed by atoms with Gasteiger partial charge in [-0.25, -0.2) is 9.59 Å². The van der Waals surface area contributed by atoms with Crippen LogP contribution in [0.4, 0.5) is 0 Å². The number of hydrogen-bond donors (Lipinski definition) is 0. The Morgan fingerprint density at radius 1 is 1.25 bits per heavy atom. The molecule has 1 aliphatic heterocycles. The number of rotatable bonds is 0. The van der Waals surface area contributed by atoms with E-state index >= 15 is 0 Å². The summed E-state index contributed by atoms with van der Waals surface area (Å²) in [4.78, 5) is 20.2. The van der Waals surface area contributed by atoms with E-state index in [0.717, 1.165) is 12.2 Å². The van der Waals surface area contributed by atoms with E-state index in [0.29, 0.717) is 0 Å². The summed E-state index contributed by atoms with van der Waals surface area (Å²) in [6.45, 7) is 0. The van der Waals surface area contributed by atoms with Crippen molar-refractivity contribution in [2.24, 2.45) is 0 Å². The molecule has 3 nitrogen and oxygen atoms in total. The number of carbonyl (C=O) groups is 2. The highest BCUT2D eigenvalue weighted by Gasteiger charge is 2.05. The van der Waals surface area contributed by atoms with E-state index < -0.39 is 11.9 Å². The molecule has 1 heterocycles. The first-order chi connectivity index (χ1) is 3.79. The van der Waals surface area contributed by atoms with Crippen LogP contribution in [-0.4, -0.2) is 11.9 Å². The predicted molar refractivity (Wildman–Crippen MR) is 23.8 cm³/mol. The van der Waals surface area contributed by atoms with Gasteiger partial charge in [-0.2, -0.15) is 0 Å². The number of carbonyl (C=O) groups excluding carboxylic acids is 2. The maximum Gasteiger partial charge on any atom is 0.346 e. The molecule has 0 radical (unpaired) electrons. The Bertz CT molecular complexity index is 178. The molecule has 0 saturated heterocycles. The Kier molecular flexibility index (Phi) is 0.985. The Morgan fingerprint density at radius 3 is 2.00 bits per heavy atom. The van der Waals surface area contributed by atoms with Gasteiger partial charge < -0.3 is 4.74 Å². The summed E-state index contributed by atoms with van der Waals surface area (Å²) >= 11 is 0. The lowest BCUT2D eigenvalue weighted by atomic mass is 10.5. The van der Waals surface area contributed by atoms with Crippen LogP contribution in [0.3, 0.4) is 0 Å². The summed E-state index contributed by atoms with van der Waals surface area (Å²) in [5, 5.41) is 0. The summed E-state index contributed by atoms with van der Waals surface area (Å²) in [6.07, 6.45) is 2.11. The first-order valence-corrected chi connectivity index (χ1v) is 1.97. The predicted octanol–water partition coefficient (Wildman–Crippen LogP) is -0.219. The minimum Gasteiger partial charge on any atom is -0.386 e. The summed E-state index contributed by atoms with van der Waals surface area (Å²) in [6, 6.07) is 0. The largest absolute Gasteiger partial charge is 0.386 e. The van der Waals surface area contributed by atoms with E-state index in [9.17, 15) is 9.59 Å². The van der Waals surface area contributed by atoms with Gasteiger partial charge in [-0.15, -0.1) is 5.73 Å². The van der Waals surface area contributed by atoms with Crippen LogP contribution >= 0.6 is 0 Å². The highest BCUT2D eigenvalue weighted by atomic mass is 16.6. The van der Waals surface area contributed by atoms with Crippen LogP contribution < -0.4 is 0 Å². The normalized spacial score (nSPS) is 16.5. The van der Waals surface area contributed by atoms with Gasteiger partial charge in [0.25, 0.3) is 0 Å². The first-order valence-electron chi connectivity index (χ1n) is 1.97. The Morgan fingerprint density at radius 2 is 1.75 bits per heavy atom. The lowest BCUT2D eigenvalue weighted by Crippen LogP contribution is -2.08. The van der Waals surface area contributed by atoms with Crippen molar-refractivity contribution in [2.45, 2.75) is 0 Å². The molecule has 40 valence electrons. The standard InChI is InChI=1S/C5H2O3/c6-4-2-1-3-5(7)8-4/h2-3H. The number of cyclic esters (lactones) is 2. The van der Waals surface area contributed by atoms with Gasteiger partial charge in [0, 0.05) is 0 Å². The summed E-state index contributed by atoms with van der Waals surface area (Å²) < 4.78 is 4.03. The molecule has 1 rings (SSSR count). The van der Waals surface area contributed by atoms with Crippen molar-refractivity contribution >= 4 is 11.9 Å². The molecule has 0 bridgehead atoms. The van der Waals surface area contributed by atoms with Crippen molar-refractivity contribution in [1.29, 1.82) is 0 Å². The molecule has 0 aromatic carbocycles. The van der Waals surface area contributed by atoms with E-state index in [-0.39, 0.29) is 0 Å². The zero-order valence-electron chi connectivity index (χ0n) is 3.88. The molecule has 1 aliphatic rings. The third-order valence-corrected chi connectivity index (χ3v) is 0.604. The molecule has 0 aromatic heterocycles. The zero-order valence-corrected chi connectivity index (χ0v) is 3.88. The fourth-order valence-electron chi connectivity index (χ4n) is 0.336. The van der Waals surface area contributed by atoms with Crippen LogP contribution in [0.2, 0.25) is 0 Å². The molecular weight excluding hydrogens is 108 g/mol. The van der Waals surface area contributed by atoms with Gasteiger partial charge in [0.2, 0.25) is 0 Å². The quantitative estimate of drug-likeness (QED) is 0.246.